The van der Waals surface area contributed by atoms with E-state index in [0.29, 0.717) is 0 Å². The minimum atomic E-state index is -0.542. The highest BCUT2D eigenvalue weighted by Gasteiger charge is 2.52. The minimum absolute atomic E-state index is 0.542. The van der Waals surface area contributed by atoms with E-state index in [9.17, 15) is 0 Å². The Bertz CT molecular complexity index is 4260. The zero-order valence-electron chi connectivity index (χ0n) is 39.4. The topological polar surface area (TPSA) is 3.24 Å². The number of fused-ring (bicyclic) bond motifs is 17. The van der Waals surface area contributed by atoms with Gasteiger partial charge in [0.15, 0.2) is 0 Å². The zero-order valence-corrected chi connectivity index (χ0v) is 39.4. The average molecular weight is 912 g/mol. The summed E-state index contributed by atoms with van der Waals surface area (Å²) >= 11 is 0. The highest BCUT2D eigenvalue weighted by atomic mass is 15.1. The maximum atomic E-state index is 2.59. The van der Waals surface area contributed by atoms with E-state index in [4.69, 9.17) is 0 Å². The molecule has 0 aromatic heterocycles. The van der Waals surface area contributed by atoms with Gasteiger partial charge in [0.05, 0.1) is 16.8 Å². The van der Waals surface area contributed by atoms with Crippen molar-refractivity contribution in [2.24, 2.45) is 0 Å². The van der Waals surface area contributed by atoms with Crippen LogP contribution in [0.1, 0.15) is 22.3 Å². The zero-order chi connectivity index (χ0) is 47.3. The Morgan fingerprint density at radius 3 is 1.35 bits per heavy atom. The van der Waals surface area contributed by atoms with Crippen LogP contribution < -0.4 is 4.90 Å². The molecule has 334 valence electrons. The van der Waals surface area contributed by atoms with Gasteiger partial charge >= 0.3 is 0 Å². The van der Waals surface area contributed by atoms with Gasteiger partial charge in [0.1, 0.15) is 0 Å². The van der Waals surface area contributed by atoms with Crippen molar-refractivity contribution >= 4 is 60.2 Å². The van der Waals surface area contributed by atoms with Gasteiger partial charge in [-0.2, -0.15) is 0 Å². The van der Waals surface area contributed by atoms with Gasteiger partial charge in [-0.05, 0) is 152 Å². The molecule has 0 bridgehead atoms. The van der Waals surface area contributed by atoms with Crippen LogP contribution in [-0.4, -0.2) is 0 Å². The Hall–Kier alpha value is -9.30. The summed E-state index contributed by atoms with van der Waals surface area (Å²) in [6, 6.07) is 102. The van der Waals surface area contributed by atoms with Gasteiger partial charge in [0.2, 0.25) is 0 Å². The number of nitrogens with zero attached hydrogens (tertiary/aromatic N) is 1. The Kier molecular flexibility index (Phi) is 8.94. The summed E-state index contributed by atoms with van der Waals surface area (Å²) in [4.78, 5) is 2.59. The fourth-order valence-corrected chi connectivity index (χ4v) is 12.7. The molecule has 1 heteroatoms. The fraction of sp³-hybridized carbons (Fsp3) is 0.0141. The van der Waals surface area contributed by atoms with Crippen molar-refractivity contribution < 1.29 is 0 Å². The summed E-state index contributed by atoms with van der Waals surface area (Å²) in [6.07, 6.45) is 0. The third-order valence-electron chi connectivity index (χ3n) is 15.8. The van der Waals surface area contributed by atoms with E-state index >= 15 is 0 Å². The lowest BCUT2D eigenvalue weighted by molar-refractivity contribution is 0.794. The Morgan fingerprint density at radius 1 is 0.222 bits per heavy atom. The van der Waals surface area contributed by atoms with E-state index in [-0.39, 0.29) is 0 Å². The second-order valence-corrected chi connectivity index (χ2v) is 19.5. The third-order valence-corrected chi connectivity index (χ3v) is 15.8. The molecule has 72 heavy (non-hydrogen) atoms. The SMILES string of the molecule is c1ccc(-c2ccc(N(c3ccc4c5ccccc5c5ccccc5c4c3)c3cc4c(cc3-c3ccc5ccccc5c3)-c3ccccc3C43c4ccccc4-c4ccccc43)c(-c3ccccc3)c2)cc1. The Labute approximate surface area is 419 Å². The van der Waals surface area contributed by atoms with Crippen LogP contribution >= 0.6 is 0 Å². The van der Waals surface area contributed by atoms with Crippen molar-refractivity contribution in [1.82, 2.24) is 0 Å². The standard InChI is InChI=1S/C71H45N/c1-3-19-46(20-4-1)50-37-40-69(61(42-50)48-22-5-2-6-23-48)72(52-38-39-57-55-27-10-9-25-53(55)54-26-11-12-28-56(54)63(57)43-52)70-45-68-64(44-62(70)51-36-35-47-21-7-8-24-49(47)41-51)60-31-15-18-34-67(60)71(68)65-32-16-13-29-58(65)59-30-14-17-33-66(59)71/h1-45H. The monoisotopic (exact) mass is 911 g/mol. The molecule has 13 aromatic rings. The highest BCUT2D eigenvalue weighted by Crippen LogP contribution is 2.64. The molecule has 0 fully saturated rings. The van der Waals surface area contributed by atoms with Gasteiger partial charge in [-0.3, -0.25) is 0 Å². The van der Waals surface area contributed by atoms with Crippen LogP contribution in [-0.2, 0) is 5.41 Å². The summed E-state index contributed by atoms with van der Waals surface area (Å²) < 4.78 is 0. The molecule has 15 rings (SSSR count). The number of hydrogen-bond acceptors (Lipinski definition) is 1. The molecule has 0 N–H and O–H groups in total. The highest BCUT2D eigenvalue weighted by molar-refractivity contribution is 6.26. The maximum Gasteiger partial charge on any atom is 0.0726 e. The lowest BCUT2D eigenvalue weighted by atomic mass is 9.70. The summed E-state index contributed by atoms with van der Waals surface area (Å²) in [5, 5.41) is 9.94. The Morgan fingerprint density at radius 2 is 0.708 bits per heavy atom. The Balaban J connectivity index is 1.11. The third kappa shape index (κ3) is 5.89. The molecular formula is C71H45N. The van der Waals surface area contributed by atoms with Gasteiger partial charge < -0.3 is 4.90 Å². The molecule has 13 aromatic carbocycles. The predicted octanol–water partition coefficient (Wildman–Crippen LogP) is 19.1. The number of benzene rings is 13. The smallest absolute Gasteiger partial charge is 0.0726 e. The first-order chi connectivity index (χ1) is 35.7. The number of rotatable bonds is 6. The molecule has 0 saturated heterocycles. The van der Waals surface area contributed by atoms with Crippen molar-refractivity contribution in [3.8, 4) is 55.6 Å². The van der Waals surface area contributed by atoms with Gasteiger partial charge in [-0.15, -0.1) is 0 Å². The van der Waals surface area contributed by atoms with Crippen LogP contribution in [0.5, 0.6) is 0 Å². The van der Waals surface area contributed by atoms with Gasteiger partial charge in [-0.25, -0.2) is 0 Å². The first-order valence-electron chi connectivity index (χ1n) is 25.1. The first-order valence-corrected chi connectivity index (χ1v) is 25.1. The van der Waals surface area contributed by atoms with E-state index in [2.05, 4.69) is 278 Å². The van der Waals surface area contributed by atoms with Crippen LogP contribution in [0.2, 0.25) is 0 Å². The minimum Gasteiger partial charge on any atom is -0.309 e. The summed E-state index contributed by atoms with van der Waals surface area (Å²) in [5.74, 6) is 0. The normalized spacial score (nSPS) is 12.8. The van der Waals surface area contributed by atoms with E-state index in [1.54, 1.807) is 0 Å². The van der Waals surface area contributed by atoms with Crippen molar-refractivity contribution in [2.75, 3.05) is 4.90 Å². The molecule has 0 amide bonds. The molecule has 0 atom stereocenters. The van der Waals surface area contributed by atoms with E-state index in [1.807, 2.05) is 0 Å². The fourth-order valence-electron chi connectivity index (χ4n) is 12.7. The van der Waals surface area contributed by atoms with Crippen molar-refractivity contribution in [2.45, 2.75) is 5.41 Å². The van der Waals surface area contributed by atoms with Crippen LogP contribution in [0.4, 0.5) is 17.1 Å². The van der Waals surface area contributed by atoms with Gasteiger partial charge in [0.25, 0.3) is 0 Å². The number of anilines is 3. The van der Waals surface area contributed by atoms with E-state index in [0.717, 1.165) is 28.2 Å². The van der Waals surface area contributed by atoms with E-state index < -0.39 is 5.41 Å². The predicted molar refractivity (Wildman–Crippen MR) is 304 cm³/mol. The molecule has 0 saturated carbocycles. The molecule has 0 unspecified atom stereocenters. The number of hydrogen-bond donors (Lipinski definition) is 0. The first kappa shape index (κ1) is 40.6. The lowest BCUT2D eigenvalue weighted by Crippen LogP contribution is -2.26. The van der Waals surface area contributed by atoms with Crippen LogP contribution in [0.25, 0.3) is 98.7 Å². The molecule has 0 aliphatic heterocycles. The van der Waals surface area contributed by atoms with Gasteiger partial charge in [0, 0.05) is 16.8 Å². The van der Waals surface area contributed by atoms with Crippen molar-refractivity contribution in [3.05, 3.63) is 295 Å². The van der Waals surface area contributed by atoms with Crippen LogP contribution in [0.3, 0.4) is 0 Å². The van der Waals surface area contributed by atoms with Gasteiger partial charge in [-0.1, -0.05) is 231 Å². The average Bonchev–Trinajstić information content (AvgIpc) is 3.92. The summed E-state index contributed by atoms with van der Waals surface area (Å²) in [7, 11) is 0. The van der Waals surface area contributed by atoms with Crippen molar-refractivity contribution in [3.63, 3.8) is 0 Å². The molecular weight excluding hydrogens is 867 g/mol. The van der Waals surface area contributed by atoms with Crippen molar-refractivity contribution in [1.29, 1.82) is 0 Å². The molecule has 0 radical (unpaired) electrons. The summed E-state index contributed by atoms with van der Waals surface area (Å²) in [5.41, 5.74) is 20.2. The molecule has 1 nitrogen and oxygen atoms in total. The van der Waals surface area contributed by atoms with E-state index in [1.165, 1.54) is 110 Å². The van der Waals surface area contributed by atoms with Crippen LogP contribution in [0.15, 0.2) is 273 Å². The lowest BCUT2D eigenvalue weighted by Gasteiger charge is -2.34. The summed E-state index contributed by atoms with van der Waals surface area (Å²) in [6.45, 7) is 0. The quantitative estimate of drug-likeness (QED) is 0.150. The largest absolute Gasteiger partial charge is 0.309 e. The molecule has 2 aliphatic carbocycles. The van der Waals surface area contributed by atoms with Crippen LogP contribution in [0, 0.1) is 0 Å². The second-order valence-electron chi connectivity index (χ2n) is 19.5. The molecule has 1 spiro atoms. The molecule has 0 heterocycles. The second kappa shape index (κ2) is 15.9. The maximum absolute atomic E-state index is 2.59. The molecule has 2 aliphatic rings.